The number of benzene rings is 1. The second kappa shape index (κ2) is 3.41. The van der Waals surface area contributed by atoms with E-state index in [4.69, 9.17) is 34.8 Å². The lowest BCUT2D eigenvalue weighted by Gasteiger charge is -2.12. The molecule has 0 amide bonds. The lowest BCUT2D eigenvalue weighted by molar-refractivity contribution is -0.113. The van der Waals surface area contributed by atoms with Crippen LogP contribution in [0.15, 0.2) is 18.2 Å². The molecule has 1 fully saturated rings. The van der Waals surface area contributed by atoms with Gasteiger partial charge in [0.05, 0.1) is 5.41 Å². The zero-order chi connectivity index (χ0) is 10.3. The SMILES string of the molecule is O=C(Cl)C1(c2cc(Cl)ccc2Cl)CC1. The molecule has 0 bridgehead atoms. The summed E-state index contributed by atoms with van der Waals surface area (Å²) in [6, 6.07) is 5.11. The maximum Gasteiger partial charge on any atom is 0.232 e. The Morgan fingerprint density at radius 1 is 1.29 bits per heavy atom. The summed E-state index contributed by atoms with van der Waals surface area (Å²) >= 11 is 17.4. The van der Waals surface area contributed by atoms with Gasteiger partial charge >= 0.3 is 0 Å². The third-order valence-electron chi connectivity index (χ3n) is 2.57. The number of halogens is 3. The average molecular weight is 250 g/mol. The Hall–Kier alpha value is -0.240. The van der Waals surface area contributed by atoms with Gasteiger partial charge in [-0.2, -0.15) is 0 Å². The Bertz CT molecular complexity index is 396. The van der Waals surface area contributed by atoms with Crippen LogP contribution in [-0.4, -0.2) is 5.24 Å². The molecule has 1 saturated carbocycles. The molecule has 2 rings (SSSR count). The second-order valence-corrected chi connectivity index (χ2v) is 4.67. The van der Waals surface area contributed by atoms with Crippen LogP contribution < -0.4 is 0 Å². The Labute approximate surface area is 97.0 Å². The van der Waals surface area contributed by atoms with Crippen LogP contribution in [0.5, 0.6) is 0 Å². The molecule has 0 saturated heterocycles. The van der Waals surface area contributed by atoms with Crippen LogP contribution in [0.3, 0.4) is 0 Å². The maximum absolute atomic E-state index is 11.3. The number of carbonyl (C=O) groups is 1. The molecule has 1 aliphatic rings. The van der Waals surface area contributed by atoms with Crippen LogP contribution in [0, 0.1) is 0 Å². The molecular formula is C10H7Cl3O. The summed E-state index contributed by atoms with van der Waals surface area (Å²) in [5.74, 6) is 0. The van der Waals surface area contributed by atoms with E-state index in [0.29, 0.717) is 10.0 Å². The molecule has 74 valence electrons. The smallest absolute Gasteiger partial charge is 0.232 e. The van der Waals surface area contributed by atoms with E-state index in [0.717, 1.165) is 18.4 Å². The first-order valence-electron chi connectivity index (χ1n) is 4.22. The predicted octanol–water partition coefficient (Wildman–Crippen LogP) is 3.79. The third kappa shape index (κ3) is 1.54. The van der Waals surface area contributed by atoms with Gasteiger partial charge in [0.15, 0.2) is 0 Å². The molecule has 1 nitrogen and oxygen atoms in total. The topological polar surface area (TPSA) is 17.1 Å². The Balaban J connectivity index is 2.51. The fraction of sp³-hybridized carbons (Fsp3) is 0.300. The van der Waals surface area contributed by atoms with Gasteiger partial charge in [-0.05, 0) is 48.2 Å². The van der Waals surface area contributed by atoms with E-state index in [2.05, 4.69) is 0 Å². The lowest BCUT2D eigenvalue weighted by Crippen LogP contribution is -2.15. The summed E-state index contributed by atoms with van der Waals surface area (Å²) in [6.07, 6.45) is 1.52. The van der Waals surface area contributed by atoms with Crippen molar-refractivity contribution in [3.63, 3.8) is 0 Å². The molecule has 0 unspecified atom stereocenters. The van der Waals surface area contributed by atoms with Crippen molar-refractivity contribution in [1.29, 1.82) is 0 Å². The van der Waals surface area contributed by atoms with E-state index in [1.54, 1.807) is 18.2 Å². The van der Waals surface area contributed by atoms with Gasteiger partial charge in [0.1, 0.15) is 0 Å². The molecule has 0 spiro atoms. The van der Waals surface area contributed by atoms with E-state index in [9.17, 15) is 4.79 Å². The Morgan fingerprint density at radius 2 is 1.93 bits per heavy atom. The van der Waals surface area contributed by atoms with Crippen LogP contribution in [0.25, 0.3) is 0 Å². The molecule has 0 N–H and O–H groups in total. The number of carbonyl (C=O) groups excluding carboxylic acids is 1. The molecule has 1 aromatic rings. The van der Waals surface area contributed by atoms with Gasteiger partial charge in [0.25, 0.3) is 0 Å². The first-order chi connectivity index (χ1) is 6.56. The van der Waals surface area contributed by atoms with Crippen molar-refractivity contribution in [1.82, 2.24) is 0 Å². The molecule has 0 heterocycles. The van der Waals surface area contributed by atoms with E-state index >= 15 is 0 Å². The van der Waals surface area contributed by atoms with Crippen molar-refractivity contribution in [3.8, 4) is 0 Å². The normalized spacial score (nSPS) is 17.9. The average Bonchev–Trinajstić information content (AvgIpc) is 2.90. The van der Waals surface area contributed by atoms with Crippen molar-refractivity contribution in [2.24, 2.45) is 0 Å². The molecule has 0 aliphatic heterocycles. The minimum Gasteiger partial charge on any atom is -0.280 e. The molecule has 14 heavy (non-hydrogen) atoms. The van der Waals surface area contributed by atoms with E-state index < -0.39 is 5.41 Å². The van der Waals surface area contributed by atoms with Crippen molar-refractivity contribution in [2.45, 2.75) is 18.3 Å². The second-order valence-electron chi connectivity index (χ2n) is 3.48. The van der Waals surface area contributed by atoms with Gasteiger partial charge in [-0.15, -0.1) is 0 Å². The standard InChI is InChI=1S/C10H7Cl3O/c11-6-1-2-8(12)7(5-6)10(3-4-10)9(13)14/h1-2,5H,3-4H2. The van der Waals surface area contributed by atoms with E-state index in [-0.39, 0.29) is 5.24 Å². The molecule has 1 aliphatic carbocycles. The molecule has 0 atom stereocenters. The highest BCUT2D eigenvalue weighted by Crippen LogP contribution is 2.52. The van der Waals surface area contributed by atoms with Crippen LogP contribution in [-0.2, 0) is 10.2 Å². The van der Waals surface area contributed by atoms with Gasteiger partial charge < -0.3 is 0 Å². The molecule has 0 radical (unpaired) electrons. The van der Waals surface area contributed by atoms with Gasteiger partial charge in [-0.1, -0.05) is 23.2 Å². The van der Waals surface area contributed by atoms with Crippen molar-refractivity contribution in [2.75, 3.05) is 0 Å². The minimum atomic E-state index is -0.566. The fourth-order valence-corrected chi connectivity index (χ4v) is 2.32. The van der Waals surface area contributed by atoms with Crippen LogP contribution in [0.1, 0.15) is 18.4 Å². The summed E-state index contributed by atoms with van der Waals surface area (Å²) in [6.45, 7) is 0. The maximum atomic E-state index is 11.3. The highest BCUT2D eigenvalue weighted by Gasteiger charge is 2.51. The number of rotatable bonds is 2. The zero-order valence-electron chi connectivity index (χ0n) is 7.19. The lowest BCUT2D eigenvalue weighted by atomic mass is 9.97. The van der Waals surface area contributed by atoms with Crippen LogP contribution >= 0.6 is 34.8 Å². The highest BCUT2D eigenvalue weighted by atomic mass is 35.5. The summed E-state index contributed by atoms with van der Waals surface area (Å²) in [5.41, 5.74) is 0.190. The Morgan fingerprint density at radius 3 is 2.43 bits per heavy atom. The molecule has 1 aromatic carbocycles. The predicted molar refractivity (Wildman–Crippen MR) is 58.2 cm³/mol. The monoisotopic (exact) mass is 248 g/mol. The van der Waals surface area contributed by atoms with Gasteiger partial charge in [0, 0.05) is 10.0 Å². The largest absolute Gasteiger partial charge is 0.280 e. The highest BCUT2D eigenvalue weighted by molar-refractivity contribution is 6.66. The van der Waals surface area contributed by atoms with E-state index in [1.807, 2.05) is 0 Å². The van der Waals surface area contributed by atoms with E-state index in [1.165, 1.54) is 0 Å². The third-order valence-corrected chi connectivity index (χ3v) is 3.50. The number of hydrogen-bond donors (Lipinski definition) is 0. The van der Waals surface area contributed by atoms with Crippen LogP contribution in [0.4, 0.5) is 0 Å². The van der Waals surface area contributed by atoms with Gasteiger partial charge in [0.2, 0.25) is 5.24 Å². The van der Waals surface area contributed by atoms with Crippen molar-refractivity contribution >= 4 is 40.0 Å². The first-order valence-corrected chi connectivity index (χ1v) is 5.35. The minimum absolute atomic E-state index is 0.346. The molecule has 0 aromatic heterocycles. The molecular weight excluding hydrogens is 242 g/mol. The summed E-state index contributed by atoms with van der Waals surface area (Å²) in [7, 11) is 0. The zero-order valence-corrected chi connectivity index (χ0v) is 9.46. The van der Waals surface area contributed by atoms with Crippen molar-refractivity contribution in [3.05, 3.63) is 33.8 Å². The summed E-state index contributed by atoms with van der Waals surface area (Å²) in [5, 5.41) is 0.788. The first kappa shape index (κ1) is 10.3. The van der Waals surface area contributed by atoms with Crippen LogP contribution in [0.2, 0.25) is 10.0 Å². The quantitative estimate of drug-likeness (QED) is 0.729. The van der Waals surface area contributed by atoms with Gasteiger partial charge in [-0.3, -0.25) is 4.79 Å². The summed E-state index contributed by atoms with van der Waals surface area (Å²) < 4.78 is 0. The number of hydrogen-bond acceptors (Lipinski definition) is 1. The fourth-order valence-electron chi connectivity index (χ4n) is 1.56. The summed E-state index contributed by atoms with van der Waals surface area (Å²) in [4.78, 5) is 11.3. The molecule has 4 heteroatoms. The van der Waals surface area contributed by atoms with Crippen molar-refractivity contribution < 1.29 is 4.79 Å². The Kier molecular flexibility index (Phi) is 2.50. The van der Waals surface area contributed by atoms with Gasteiger partial charge in [-0.25, -0.2) is 0 Å².